The van der Waals surface area contributed by atoms with Crippen LogP contribution in [0.15, 0.2) is 29.2 Å². The van der Waals surface area contributed by atoms with Crippen molar-refractivity contribution in [3.63, 3.8) is 0 Å². The molecule has 3 rings (SSSR count). The number of rotatable bonds is 3. The molecule has 0 saturated carbocycles. The summed E-state index contributed by atoms with van der Waals surface area (Å²) in [6.07, 6.45) is 4.42. The van der Waals surface area contributed by atoms with Crippen molar-refractivity contribution >= 4 is 32.9 Å². The number of anilines is 1. The van der Waals surface area contributed by atoms with Crippen LogP contribution in [0.4, 0.5) is 5.69 Å². The Balaban J connectivity index is 1.80. The molecule has 0 amide bonds. The van der Waals surface area contributed by atoms with Gasteiger partial charge in [0, 0.05) is 25.2 Å². The molecule has 0 spiro atoms. The van der Waals surface area contributed by atoms with Crippen LogP contribution in [0.3, 0.4) is 0 Å². The summed E-state index contributed by atoms with van der Waals surface area (Å²) < 4.78 is 26.4. The Bertz CT molecular complexity index is 665. The molecule has 1 unspecified atom stereocenters. The van der Waals surface area contributed by atoms with Gasteiger partial charge < -0.3 is 10.0 Å². The van der Waals surface area contributed by atoms with Crippen molar-refractivity contribution in [3.8, 4) is 0 Å². The van der Waals surface area contributed by atoms with E-state index in [-0.39, 0.29) is 22.8 Å². The molecular formula is C16H22N2O3S2. The lowest BCUT2D eigenvalue weighted by Gasteiger charge is -2.23. The van der Waals surface area contributed by atoms with Crippen LogP contribution in [-0.4, -0.2) is 48.6 Å². The molecule has 5 nitrogen and oxygen atoms in total. The van der Waals surface area contributed by atoms with Crippen LogP contribution in [0.25, 0.3) is 0 Å². The number of aliphatic hydroxyl groups excluding tert-OH is 1. The lowest BCUT2D eigenvalue weighted by atomic mass is 10.2. The predicted molar refractivity (Wildman–Crippen MR) is 94.2 cm³/mol. The summed E-state index contributed by atoms with van der Waals surface area (Å²) in [5.41, 5.74) is 1.06. The maximum atomic E-state index is 12.6. The van der Waals surface area contributed by atoms with Gasteiger partial charge in [-0.25, -0.2) is 8.42 Å². The first-order chi connectivity index (χ1) is 11.0. The normalized spacial score (nSPS) is 23.2. The van der Waals surface area contributed by atoms with E-state index in [2.05, 4.69) is 4.90 Å². The Hall–Kier alpha value is -1.18. The SMILES string of the molecule is O=S(=O)(c1ccc(N2CCCCCC2)cc1)N1CC(O)CC1=S. The second-order valence-electron chi connectivity index (χ2n) is 6.18. The van der Waals surface area contributed by atoms with E-state index in [1.54, 1.807) is 12.1 Å². The number of hydrogen-bond acceptors (Lipinski definition) is 5. The number of sulfonamides is 1. The maximum absolute atomic E-state index is 12.6. The molecular weight excluding hydrogens is 332 g/mol. The third-order valence-electron chi connectivity index (χ3n) is 4.46. The molecule has 1 aromatic carbocycles. The van der Waals surface area contributed by atoms with Gasteiger partial charge in [-0.3, -0.25) is 4.31 Å². The van der Waals surface area contributed by atoms with Gasteiger partial charge >= 0.3 is 0 Å². The third kappa shape index (κ3) is 3.51. The van der Waals surface area contributed by atoms with Gasteiger partial charge in [0.25, 0.3) is 10.0 Å². The van der Waals surface area contributed by atoms with Gasteiger partial charge in [0.2, 0.25) is 0 Å². The molecule has 1 aromatic rings. The zero-order valence-corrected chi connectivity index (χ0v) is 14.7. The monoisotopic (exact) mass is 354 g/mol. The van der Waals surface area contributed by atoms with Crippen LogP contribution in [0.5, 0.6) is 0 Å². The number of β-amino-alcohol motifs (C(OH)–C–C–N with tert-alkyl or cyclic N) is 1. The van der Waals surface area contributed by atoms with Crippen molar-refractivity contribution in [2.75, 3.05) is 24.5 Å². The minimum Gasteiger partial charge on any atom is -0.391 e. The first-order valence-corrected chi connectivity index (χ1v) is 9.92. The zero-order valence-electron chi connectivity index (χ0n) is 13.0. The summed E-state index contributed by atoms with van der Waals surface area (Å²) in [6.45, 7) is 2.10. The Morgan fingerprint density at radius 3 is 2.17 bits per heavy atom. The maximum Gasteiger partial charge on any atom is 0.264 e. The molecule has 2 fully saturated rings. The van der Waals surface area contributed by atoms with E-state index in [0.717, 1.165) is 23.1 Å². The van der Waals surface area contributed by atoms with E-state index < -0.39 is 16.1 Å². The average Bonchev–Trinajstić information content (AvgIpc) is 2.75. The molecule has 1 N–H and O–H groups in total. The molecule has 0 aliphatic carbocycles. The lowest BCUT2D eigenvalue weighted by molar-refractivity contribution is 0.190. The lowest BCUT2D eigenvalue weighted by Crippen LogP contribution is -2.32. The molecule has 1 atom stereocenters. The smallest absolute Gasteiger partial charge is 0.264 e. The quantitative estimate of drug-likeness (QED) is 0.843. The molecule has 2 aliphatic rings. The average molecular weight is 354 g/mol. The van der Waals surface area contributed by atoms with Gasteiger partial charge in [0.1, 0.15) is 0 Å². The minimum absolute atomic E-state index is 0.0506. The molecule has 2 aliphatic heterocycles. The van der Waals surface area contributed by atoms with E-state index in [1.165, 1.54) is 25.7 Å². The highest BCUT2D eigenvalue weighted by Crippen LogP contribution is 2.26. The third-order valence-corrected chi connectivity index (χ3v) is 6.78. The van der Waals surface area contributed by atoms with Crippen molar-refractivity contribution < 1.29 is 13.5 Å². The van der Waals surface area contributed by atoms with Crippen LogP contribution in [0, 0.1) is 0 Å². The van der Waals surface area contributed by atoms with Crippen molar-refractivity contribution in [3.05, 3.63) is 24.3 Å². The minimum atomic E-state index is -3.66. The second kappa shape index (κ2) is 6.75. The fraction of sp³-hybridized carbons (Fsp3) is 0.562. The number of hydrogen-bond donors (Lipinski definition) is 1. The standard InChI is InChI=1S/C16H22N2O3S2/c19-14-11-16(22)18(12-14)23(20,21)15-7-5-13(6-8-15)17-9-3-1-2-4-10-17/h5-8,14,19H,1-4,9-12H2. The summed E-state index contributed by atoms with van der Waals surface area (Å²) in [6, 6.07) is 7.02. The molecule has 0 radical (unpaired) electrons. The van der Waals surface area contributed by atoms with Gasteiger partial charge in [0.15, 0.2) is 0 Å². The van der Waals surface area contributed by atoms with E-state index in [0.29, 0.717) is 0 Å². The highest BCUT2D eigenvalue weighted by Gasteiger charge is 2.34. The van der Waals surface area contributed by atoms with Crippen molar-refractivity contribution in [1.29, 1.82) is 0 Å². The fourth-order valence-electron chi connectivity index (χ4n) is 3.18. The van der Waals surface area contributed by atoms with Gasteiger partial charge in [-0.2, -0.15) is 0 Å². The second-order valence-corrected chi connectivity index (χ2v) is 8.52. The van der Waals surface area contributed by atoms with E-state index in [4.69, 9.17) is 12.2 Å². The van der Waals surface area contributed by atoms with Crippen LogP contribution in [0.2, 0.25) is 0 Å². The van der Waals surface area contributed by atoms with Gasteiger partial charge in [0.05, 0.1) is 22.5 Å². The summed E-state index contributed by atoms with van der Waals surface area (Å²) in [5, 5.41) is 9.62. The number of nitrogens with zero attached hydrogens (tertiary/aromatic N) is 2. The molecule has 2 saturated heterocycles. The van der Waals surface area contributed by atoms with E-state index >= 15 is 0 Å². The molecule has 0 aromatic heterocycles. The van der Waals surface area contributed by atoms with Crippen molar-refractivity contribution in [2.24, 2.45) is 0 Å². The Morgan fingerprint density at radius 1 is 1.04 bits per heavy atom. The van der Waals surface area contributed by atoms with E-state index in [1.807, 2.05) is 12.1 Å². The van der Waals surface area contributed by atoms with Crippen LogP contribution < -0.4 is 4.90 Å². The summed E-state index contributed by atoms with van der Waals surface area (Å²) in [4.78, 5) is 2.83. The highest BCUT2D eigenvalue weighted by molar-refractivity contribution is 7.91. The topological polar surface area (TPSA) is 60.9 Å². The largest absolute Gasteiger partial charge is 0.391 e. The zero-order chi connectivity index (χ0) is 16.4. The van der Waals surface area contributed by atoms with Crippen LogP contribution >= 0.6 is 12.2 Å². The first kappa shape index (κ1) is 16.7. The Morgan fingerprint density at radius 2 is 1.65 bits per heavy atom. The number of benzene rings is 1. The number of aliphatic hydroxyl groups is 1. The fourth-order valence-corrected chi connectivity index (χ4v) is 5.19. The molecule has 23 heavy (non-hydrogen) atoms. The van der Waals surface area contributed by atoms with Gasteiger partial charge in [-0.15, -0.1) is 0 Å². The summed E-state index contributed by atoms with van der Waals surface area (Å²) in [7, 11) is -3.66. The summed E-state index contributed by atoms with van der Waals surface area (Å²) >= 11 is 5.09. The van der Waals surface area contributed by atoms with Crippen LogP contribution in [0.1, 0.15) is 32.1 Å². The van der Waals surface area contributed by atoms with Crippen LogP contribution in [-0.2, 0) is 10.0 Å². The van der Waals surface area contributed by atoms with Gasteiger partial charge in [-0.05, 0) is 37.1 Å². The first-order valence-electron chi connectivity index (χ1n) is 8.07. The summed E-state index contributed by atoms with van der Waals surface area (Å²) in [5.74, 6) is 0. The Kier molecular flexibility index (Phi) is 4.89. The Labute approximate surface area is 143 Å². The highest BCUT2D eigenvalue weighted by atomic mass is 32.2. The molecule has 7 heteroatoms. The van der Waals surface area contributed by atoms with Gasteiger partial charge in [-0.1, -0.05) is 25.1 Å². The van der Waals surface area contributed by atoms with Crippen molar-refractivity contribution in [1.82, 2.24) is 4.31 Å². The molecule has 2 heterocycles. The predicted octanol–water partition coefficient (Wildman–Crippen LogP) is 2.15. The number of thiocarbonyl (C=S) groups is 1. The molecule has 126 valence electrons. The van der Waals surface area contributed by atoms with Crippen molar-refractivity contribution in [2.45, 2.75) is 43.1 Å². The molecule has 0 bridgehead atoms. The van der Waals surface area contributed by atoms with E-state index in [9.17, 15) is 13.5 Å².